The van der Waals surface area contributed by atoms with Crippen molar-refractivity contribution in [2.45, 2.75) is 26.2 Å². The number of aliphatic hydroxyl groups is 4. The fraction of sp³-hybridized carbons (Fsp3) is 1.00. The largest absolute Gasteiger partial charge is 0.396 e. The molecule has 0 aliphatic carbocycles. The van der Waals surface area contributed by atoms with Crippen LogP contribution in [0.5, 0.6) is 0 Å². The third-order valence-electron chi connectivity index (χ3n) is 3.04. The van der Waals surface area contributed by atoms with E-state index in [-0.39, 0.29) is 32.3 Å². The molecule has 4 N–H and O–H groups in total. The predicted molar refractivity (Wildman–Crippen MR) is 53.8 cm³/mol. The van der Waals surface area contributed by atoms with Crippen molar-refractivity contribution in [2.75, 3.05) is 26.4 Å². The molecule has 0 fully saturated rings. The quantitative estimate of drug-likeness (QED) is 0.441. The van der Waals surface area contributed by atoms with E-state index in [1.165, 1.54) is 0 Å². The van der Waals surface area contributed by atoms with Crippen LogP contribution in [-0.2, 0) is 0 Å². The number of hydrogen-bond donors (Lipinski definition) is 4. The highest BCUT2D eigenvalue weighted by Gasteiger charge is 2.35. The van der Waals surface area contributed by atoms with Crippen molar-refractivity contribution < 1.29 is 20.4 Å². The van der Waals surface area contributed by atoms with Gasteiger partial charge in [-0.25, -0.2) is 0 Å². The minimum atomic E-state index is -0.647. The standard InChI is InChI=1S/C10H22O4/c1-2-9(6-12)10(7-13,8-14)4-3-5-11/h9,11-14H,2-8H2,1H3. The van der Waals surface area contributed by atoms with E-state index >= 15 is 0 Å². The molecule has 0 saturated carbocycles. The van der Waals surface area contributed by atoms with Crippen LogP contribution in [-0.4, -0.2) is 46.9 Å². The van der Waals surface area contributed by atoms with E-state index in [4.69, 9.17) is 10.2 Å². The van der Waals surface area contributed by atoms with Gasteiger partial charge in [-0.15, -0.1) is 0 Å². The summed E-state index contributed by atoms with van der Waals surface area (Å²) in [5.41, 5.74) is -0.647. The highest BCUT2D eigenvalue weighted by atomic mass is 16.3. The van der Waals surface area contributed by atoms with Gasteiger partial charge in [0.1, 0.15) is 0 Å². The first-order chi connectivity index (χ1) is 6.70. The number of hydrogen-bond acceptors (Lipinski definition) is 4. The molecule has 4 nitrogen and oxygen atoms in total. The fourth-order valence-corrected chi connectivity index (χ4v) is 1.86. The molecular formula is C10H22O4. The lowest BCUT2D eigenvalue weighted by atomic mass is 9.72. The molecule has 1 atom stereocenters. The molecule has 14 heavy (non-hydrogen) atoms. The maximum Gasteiger partial charge on any atom is 0.0512 e. The van der Waals surface area contributed by atoms with Crippen LogP contribution >= 0.6 is 0 Å². The SMILES string of the molecule is CCC(CO)C(CO)(CO)CCCO. The summed E-state index contributed by atoms with van der Waals surface area (Å²) in [4.78, 5) is 0. The third kappa shape index (κ3) is 3.20. The van der Waals surface area contributed by atoms with E-state index in [2.05, 4.69) is 0 Å². The predicted octanol–water partition coefficient (Wildman–Crippen LogP) is -0.252. The molecule has 0 aliphatic rings. The van der Waals surface area contributed by atoms with Crippen molar-refractivity contribution in [3.63, 3.8) is 0 Å². The van der Waals surface area contributed by atoms with Crippen LogP contribution in [0.4, 0.5) is 0 Å². The number of rotatable bonds is 8. The van der Waals surface area contributed by atoms with Gasteiger partial charge < -0.3 is 20.4 Å². The highest BCUT2D eigenvalue weighted by molar-refractivity contribution is 4.84. The van der Waals surface area contributed by atoms with Crippen LogP contribution in [0.3, 0.4) is 0 Å². The maximum atomic E-state index is 9.28. The minimum Gasteiger partial charge on any atom is -0.396 e. The van der Waals surface area contributed by atoms with Gasteiger partial charge in [-0.1, -0.05) is 13.3 Å². The zero-order valence-electron chi connectivity index (χ0n) is 8.82. The van der Waals surface area contributed by atoms with Crippen LogP contribution in [0.15, 0.2) is 0 Å². The molecule has 86 valence electrons. The monoisotopic (exact) mass is 206 g/mol. The lowest BCUT2D eigenvalue weighted by Gasteiger charge is -2.36. The fourth-order valence-electron chi connectivity index (χ4n) is 1.86. The second-order valence-electron chi connectivity index (χ2n) is 3.79. The summed E-state index contributed by atoms with van der Waals surface area (Å²) in [6, 6.07) is 0. The second-order valence-corrected chi connectivity index (χ2v) is 3.79. The molecule has 4 heteroatoms. The van der Waals surface area contributed by atoms with Gasteiger partial charge >= 0.3 is 0 Å². The van der Waals surface area contributed by atoms with Gasteiger partial charge in [0.05, 0.1) is 13.2 Å². The Morgan fingerprint density at radius 3 is 1.93 bits per heavy atom. The summed E-state index contributed by atoms with van der Waals surface area (Å²) in [5, 5.41) is 36.4. The van der Waals surface area contributed by atoms with Gasteiger partial charge in [-0.3, -0.25) is 0 Å². The Labute approximate surface area is 85.2 Å². The zero-order chi connectivity index (χ0) is 11.0. The molecule has 1 unspecified atom stereocenters. The molecular weight excluding hydrogens is 184 g/mol. The van der Waals surface area contributed by atoms with Crippen LogP contribution in [0.25, 0.3) is 0 Å². The Morgan fingerprint density at radius 1 is 1.07 bits per heavy atom. The molecule has 0 aromatic carbocycles. The van der Waals surface area contributed by atoms with Crippen molar-refractivity contribution in [3.05, 3.63) is 0 Å². The molecule has 0 aromatic rings. The zero-order valence-corrected chi connectivity index (χ0v) is 8.82. The normalized spacial score (nSPS) is 14.4. The molecule has 0 bridgehead atoms. The first-order valence-corrected chi connectivity index (χ1v) is 5.14. The molecule has 0 aliphatic heterocycles. The molecule has 0 saturated heterocycles. The van der Waals surface area contributed by atoms with Gasteiger partial charge in [0.2, 0.25) is 0 Å². The van der Waals surface area contributed by atoms with Crippen LogP contribution in [0.2, 0.25) is 0 Å². The van der Waals surface area contributed by atoms with Gasteiger partial charge in [-0.2, -0.15) is 0 Å². The molecule has 0 rings (SSSR count). The van der Waals surface area contributed by atoms with Crippen molar-refractivity contribution in [2.24, 2.45) is 11.3 Å². The third-order valence-corrected chi connectivity index (χ3v) is 3.04. The lowest BCUT2D eigenvalue weighted by molar-refractivity contribution is -0.0295. The number of aliphatic hydroxyl groups excluding tert-OH is 4. The molecule has 0 heterocycles. The second kappa shape index (κ2) is 7.17. The molecule has 0 radical (unpaired) electrons. The molecule has 0 spiro atoms. The van der Waals surface area contributed by atoms with Gasteiger partial charge in [0.25, 0.3) is 0 Å². The Balaban J connectivity index is 4.47. The van der Waals surface area contributed by atoms with E-state index in [1.54, 1.807) is 0 Å². The first-order valence-electron chi connectivity index (χ1n) is 5.14. The van der Waals surface area contributed by atoms with Crippen LogP contribution in [0.1, 0.15) is 26.2 Å². The smallest absolute Gasteiger partial charge is 0.0512 e. The van der Waals surface area contributed by atoms with E-state index in [1.807, 2.05) is 6.92 Å². The summed E-state index contributed by atoms with van der Waals surface area (Å²) in [6.45, 7) is 1.62. The van der Waals surface area contributed by atoms with Gasteiger partial charge in [0.15, 0.2) is 0 Å². The minimum absolute atomic E-state index is 0.0386. The van der Waals surface area contributed by atoms with Crippen molar-refractivity contribution >= 4 is 0 Å². The van der Waals surface area contributed by atoms with Crippen molar-refractivity contribution in [1.82, 2.24) is 0 Å². The summed E-state index contributed by atoms with van der Waals surface area (Å²) in [7, 11) is 0. The van der Waals surface area contributed by atoms with E-state index in [0.29, 0.717) is 19.3 Å². The van der Waals surface area contributed by atoms with E-state index in [9.17, 15) is 10.2 Å². The maximum absolute atomic E-state index is 9.28. The average Bonchev–Trinajstić information content (AvgIpc) is 2.24. The first kappa shape index (κ1) is 13.8. The van der Waals surface area contributed by atoms with E-state index < -0.39 is 5.41 Å². The van der Waals surface area contributed by atoms with E-state index in [0.717, 1.165) is 0 Å². The summed E-state index contributed by atoms with van der Waals surface area (Å²) >= 11 is 0. The van der Waals surface area contributed by atoms with Crippen LogP contribution in [0, 0.1) is 11.3 Å². The molecule has 0 amide bonds. The lowest BCUT2D eigenvalue weighted by Crippen LogP contribution is -2.40. The Morgan fingerprint density at radius 2 is 1.64 bits per heavy atom. The Bertz CT molecular complexity index is 130. The Hall–Kier alpha value is -0.160. The topological polar surface area (TPSA) is 80.9 Å². The summed E-state index contributed by atoms with van der Waals surface area (Å²) in [5.74, 6) is -0.107. The van der Waals surface area contributed by atoms with Crippen molar-refractivity contribution in [1.29, 1.82) is 0 Å². The molecule has 0 aromatic heterocycles. The van der Waals surface area contributed by atoms with Gasteiger partial charge in [0, 0.05) is 18.6 Å². The van der Waals surface area contributed by atoms with Crippen LogP contribution < -0.4 is 0 Å². The van der Waals surface area contributed by atoms with Gasteiger partial charge in [-0.05, 0) is 18.8 Å². The Kier molecular flexibility index (Phi) is 7.09. The van der Waals surface area contributed by atoms with Crippen molar-refractivity contribution in [3.8, 4) is 0 Å². The summed E-state index contributed by atoms with van der Waals surface area (Å²) in [6.07, 6.45) is 1.79. The summed E-state index contributed by atoms with van der Waals surface area (Å²) < 4.78 is 0. The highest BCUT2D eigenvalue weighted by Crippen LogP contribution is 2.34. The average molecular weight is 206 g/mol.